The van der Waals surface area contributed by atoms with Crippen molar-refractivity contribution in [1.82, 2.24) is 16.0 Å². The number of nitrogens with two attached hydrogens (primary N) is 1. The number of aliphatic hydroxyl groups is 1. The summed E-state index contributed by atoms with van der Waals surface area (Å²) in [7, 11) is 0. The zero-order valence-corrected chi connectivity index (χ0v) is 19.8. The van der Waals surface area contributed by atoms with Crippen LogP contribution in [0.1, 0.15) is 31.7 Å². The van der Waals surface area contributed by atoms with Gasteiger partial charge >= 0.3 is 17.9 Å². The first-order chi connectivity index (χ1) is 17.2. The van der Waals surface area contributed by atoms with Gasteiger partial charge in [0.25, 0.3) is 0 Å². The number of hydrogen-bond donors (Lipinski definition) is 9. The molecule has 5 unspecified atom stereocenters. The molecule has 0 aliphatic carbocycles. The van der Waals surface area contributed by atoms with Gasteiger partial charge in [0.15, 0.2) is 0 Å². The van der Waals surface area contributed by atoms with Gasteiger partial charge in [0, 0.05) is 12.8 Å². The lowest BCUT2D eigenvalue weighted by atomic mass is 10.0. The molecule has 10 N–H and O–H groups in total. The molecule has 0 fully saturated rings. The summed E-state index contributed by atoms with van der Waals surface area (Å²) < 4.78 is 0. The summed E-state index contributed by atoms with van der Waals surface area (Å²) in [5.41, 5.74) is 6.02. The lowest BCUT2D eigenvalue weighted by Gasteiger charge is -2.26. The van der Waals surface area contributed by atoms with Crippen LogP contribution in [0, 0.1) is 0 Å². The van der Waals surface area contributed by atoms with E-state index >= 15 is 0 Å². The molecule has 15 nitrogen and oxygen atoms in total. The van der Waals surface area contributed by atoms with E-state index in [4.69, 9.17) is 15.9 Å². The molecule has 0 spiro atoms. The molecule has 204 valence electrons. The molecule has 0 aliphatic heterocycles. The zero-order chi connectivity index (χ0) is 28.3. The van der Waals surface area contributed by atoms with Crippen molar-refractivity contribution in [2.24, 2.45) is 5.73 Å². The van der Waals surface area contributed by atoms with Gasteiger partial charge in [-0.3, -0.25) is 24.0 Å². The normalized spacial score (nSPS) is 14.8. The highest BCUT2D eigenvalue weighted by molar-refractivity contribution is 5.96. The van der Waals surface area contributed by atoms with E-state index in [9.17, 15) is 44.1 Å². The van der Waals surface area contributed by atoms with E-state index in [2.05, 4.69) is 16.0 Å². The number of carboxylic acids is 3. The molecule has 5 atom stereocenters. The number of rotatable bonds is 15. The SMILES string of the molecule is CC(O)C(NC(=O)C(CC(=O)O)NC(=O)C(N)CCC(=O)O)C(=O)NC(Cc1ccc(O)cc1)C(=O)O. The van der Waals surface area contributed by atoms with Crippen molar-refractivity contribution in [1.29, 1.82) is 0 Å². The Morgan fingerprint density at radius 1 is 0.838 bits per heavy atom. The minimum absolute atomic E-state index is 0.0533. The van der Waals surface area contributed by atoms with Crippen LogP contribution in [0.3, 0.4) is 0 Å². The minimum Gasteiger partial charge on any atom is -0.508 e. The number of hydrogen-bond acceptors (Lipinski definition) is 9. The van der Waals surface area contributed by atoms with Crippen molar-refractivity contribution in [3.8, 4) is 5.75 Å². The second-order valence-corrected chi connectivity index (χ2v) is 8.19. The lowest BCUT2D eigenvalue weighted by Crippen LogP contribution is -2.60. The van der Waals surface area contributed by atoms with Crippen LogP contribution in [-0.2, 0) is 35.2 Å². The van der Waals surface area contributed by atoms with E-state index in [1.807, 2.05) is 0 Å². The van der Waals surface area contributed by atoms with E-state index in [0.717, 1.165) is 6.92 Å². The van der Waals surface area contributed by atoms with Crippen molar-refractivity contribution in [2.45, 2.75) is 62.9 Å². The quantitative estimate of drug-likeness (QED) is 0.115. The first kappa shape index (κ1) is 30.8. The molecule has 1 aromatic rings. The molecule has 0 aliphatic rings. The molecular formula is C22H30N4O11. The number of amides is 3. The van der Waals surface area contributed by atoms with Crippen molar-refractivity contribution in [3.05, 3.63) is 29.8 Å². The summed E-state index contributed by atoms with van der Waals surface area (Å²) >= 11 is 0. The predicted molar refractivity (Wildman–Crippen MR) is 124 cm³/mol. The van der Waals surface area contributed by atoms with E-state index in [1.54, 1.807) is 0 Å². The molecule has 37 heavy (non-hydrogen) atoms. The van der Waals surface area contributed by atoms with Crippen LogP contribution < -0.4 is 21.7 Å². The summed E-state index contributed by atoms with van der Waals surface area (Å²) in [4.78, 5) is 71.2. The number of benzene rings is 1. The van der Waals surface area contributed by atoms with Gasteiger partial charge in [-0.05, 0) is 31.0 Å². The standard InChI is InChI=1S/C22H30N4O11/c1-10(27)18(21(35)25-15(22(36)37)8-11-2-4-12(28)5-3-11)26-20(34)14(9-17(31)32)24-19(33)13(23)6-7-16(29)30/h2-5,10,13-15,18,27-28H,6-9,23H2,1H3,(H,24,33)(H,25,35)(H,26,34)(H,29,30)(H,31,32)(H,36,37). The Hall–Kier alpha value is -4.24. The van der Waals surface area contributed by atoms with Gasteiger partial charge in [0.05, 0.1) is 18.6 Å². The molecule has 15 heteroatoms. The summed E-state index contributed by atoms with van der Waals surface area (Å²) in [6.07, 6.45) is -3.45. The number of phenolic OH excluding ortho intramolecular Hbond substituents is 1. The average molecular weight is 526 g/mol. The number of nitrogens with one attached hydrogen (secondary N) is 3. The van der Waals surface area contributed by atoms with Crippen molar-refractivity contribution < 1.29 is 54.3 Å². The number of aliphatic carboxylic acids is 3. The maximum absolute atomic E-state index is 12.7. The number of carbonyl (C=O) groups excluding carboxylic acids is 3. The van der Waals surface area contributed by atoms with Crippen LogP contribution in [-0.4, -0.2) is 91.4 Å². The van der Waals surface area contributed by atoms with Crippen LogP contribution in [0.25, 0.3) is 0 Å². The zero-order valence-electron chi connectivity index (χ0n) is 19.8. The average Bonchev–Trinajstić information content (AvgIpc) is 2.80. The van der Waals surface area contributed by atoms with Crippen LogP contribution in [0.2, 0.25) is 0 Å². The molecule has 0 aromatic heterocycles. The number of carboxylic acid groups (broad SMARTS) is 3. The summed E-state index contributed by atoms with van der Waals surface area (Å²) in [5, 5.41) is 53.0. The van der Waals surface area contributed by atoms with Crippen LogP contribution in [0.15, 0.2) is 24.3 Å². The molecule has 0 saturated carbocycles. The number of phenols is 1. The Kier molecular flexibility index (Phi) is 11.9. The Bertz CT molecular complexity index is 997. The second kappa shape index (κ2) is 14.4. The first-order valence-corrected chi connectivity index (χ1v) is 11.0. The lowest BCUT2D eigenvalue weighted by molar-refractivity contribution is -0.144. The van der Waals surface area contributed by atoms with Gasteiger partial charge in [-0.2, -0.15) is 0 Å². The Balaban J connectivity index is 2.96. The number of carbonyl (C=O) groups is 6. The van der Waals surface area contributed by atoms with Crippen molar-refractivity contribution >= 4 is 35.6 Å². The van der Waals surface area contributed by atoms with E-state index in [0.29, 0.717) is 5.56 Å². The Morgan fingerprint density at radius 2 is 1.41 bits per heavy atom. The minimum atomic E-state index is -1.75. The Morgan fingerprint density at radius 3 is 1.89 bits per heavy atom. The smallest absolute Gasteiger partial charge is 0.326 e. The molecule has 1 aromatic carbocycles. The van der Waals surface area contributed by atoms with Gasteiger partial charge in [-0.25, -0.2) is 4.79 Å². The number of aromatic hydroxyl groups is 1. The topological polar surface area (TPSA) is 266 Å². The molecule has 3 amide bonds. The second-order valence-electron chi connectivity index (χ2n) is 8.19. The molecule has 0 radical (unpaired) electrons. The molecule has 0 saturated heterocycles. The summed E-state index contributed by atoms with van der Waals surface area (Å²) in [5.74, 6) is -7.51. The summed E-state index contributed by atoms with van der Waals surface area (Å²) in [6.45, 7) is 1.12. The van der Waals surface area contributed by atoms with E-state index < -0.39 is 78.7 Å². The maximum Gasteiger partial charge on any atom is 0.326 e. The van der Waals surface area contributed by atoms with Gasteiger partial charge in [0.2, 0.25) is 17.7 Å². The highest BCUT2D eigenvalue weighted by Gasteiger charge is 2.33. The number of aliphatic hydroxyl groups excluding tert-OH is 1. The molecule has 0 heterocycles. The third-order valence-electron chi connectivity index (χ3n) is 5.07. The third-order valence-corrected chi connectivity index (χ3v) is 5.07. The molecular weight excluding hydrogens is 496 g/mol. The van der Waals surface area contributed by atoms with Gasteiger partial charge in [-0.1, -0.05) is 12.1 Å². The van der Waals surface area contributed by atoms with E-state index in [-0.39, 0.29) is 18.6 Å². The molecule has 1 rings (SSSR count). The maximum atomic E-state index is 12.7. The fourth-order valence-electron chi connectivity index (χ4n) is 3.06. The van der Waals surface area contributed by atoms with Gasteiger partial charge in [-0.15, -0.1) is 0 Å². The predicted octanol–water partition coefficient (Wildman–Crippen LogP) is -2.48. The summed E-state index contributed by atoms with van der Waals surface area (Å²) in [6, 6.07) is -0.828. The Labute approximate surface area is 210 Å². The highest BCUT2D eigenvalue weighted by atomic mass is 16.4. The molecule has 0 bridgehead atoms. The van der Waals surface area contributed by atoms with E-state index in [1.165, 1.54) is 24.3 Å². The highest BCUT2D eigenvalue weighted by Crippen LogP contribution is 2.12. The fraction of sp³-hybridized carbons (Fsp3) is 0.455. The third kappa shape index (κ3) is 10.9. The largest absolute Gasteiger partial charge is 0.508 e. The van der Waals surface area contributed by atoms with Crippen LogP contribution in [0.4, 0.5) is 0 Å². The monoisotopic (exact) mass is 526 g/mol. The van der Waals surface area contributed by atoms with Crippen molar-refractivity contribution in [3.63, 3.8) is 0 Å². The first-order valence-electron chi connectivity index (χ1n) is 11.0. The van der Waals surface area contributed by atoms with Gasteiger partial charge < -0.3 is 47.2 Å². The van der Waals surface area contributed by atoms with Crippen molar-refractivity contribution in [2.75, 3.05) is 0 Å². The fourth-order valence-corrected chi connectivity index (χ4v) is 3.06. The van der Waals surface area contributed by atoms with Crippen LogP contribution >= 0.6 is 0 Å². The van der Waals surface area contributed by atoms with Crippen LogP contribution in [0.5, 0.6) is 5.75 Å². The van der Waals surface area contributed by atoms with Gasteiger partial charge in [0.1, 0.15) is 23.9 Å².